The van der Waals surface area contributed by atoms with Gasteiger partial charge in [0.1, 0.15) is 0 Å². The molecule has 108 valence electrons. The molecule has 1 saturated heterocycles. The molecular formula is C15H16F3NO. The molecule has 0 N–H and O–H groups in total. The summed E-state index contributed by atoms with van der Waals surface area (Å²) in [5.74, 6) is 0.186. The van der Waals surface area contributed by atoms with E-state index in [0.29, 0.717) is 0 Å². The number of nitrogens with zero attached hydrogens (tertiary/aromatic N) is 1. The molecule has 5 heteroatoms. The van der Waals surface area contributed by atoms with Gasteiger partial charge in [-0.3, -0.25) is 4.79 Å². The number of alkyl halides is 3. The SMILES string of the molecule is O=CN1CC2(CC[C@@H](c3cccc(C(F)(F)F)c3)C2)C1. The average Bonchev–Trinajstić information content (AvgIpc) is 2.81. The van der Waals surface area contributed by atoms with Crippen molar-refractivity contribution in [3.8, 4) is 0 Å². The molecule has 2 aliphatic rings. The summed E-state index contributed by atoms with van der Waals surface area (Å²) in [6.45, 7) is 1.51. The number of carbonyl (C=O) groups excluding carboxylic acids is 1. The Morgan fingerprint density at radius 3 is 2.70 bits per heavy atom. The highest BCUT2D eigenvalue weighted by atomic mass is 19.4. The van der Waals surface area contributed by atoms with Crippen LogP contribution < -0.4 is 0 Å². The van der Waals surface area contributed by atoms with Gasteiger partial charge in [0, 0.05) is 18.5 Å². The van der Waals surface area contributed by atoms with Crippen LogP contribution in [0.15, 0.2) is 24.3 Å². The van der Waals surface area contributed by atoms with Gasteiger partial charge in [0.25, 0.3) is 0 Å². The Balaban J connectivity index is 1.74. The van der Waals surface area contributed by atoms with E-state index in [0.717, 1.165) is 50.4 Å². The molecule has 0 aromatic heterocycles. The predicted octanol–water partition coefficient (Wildman–Crippen LogP) is 3.43. The summed E-state index contributed by atoms with van der Waals surface area (Å²) in [4.78, 5) is 12.4. The third kappa shape index (κ3) is 2.30. The number of hydrogen-bond acceptors (Lipinski definition) is 1. The Morgan fingerprint density at radius 1 is 1.30 bits per heavy atom. The van der Waals surface area contributed by atoms with Crippen LogP contribution in [-0.2, 0) is 11.0 Å². The van der Waals surface area contributed by atoms with Crippen LogP contribution in [-0.4, -0.2) is 24.4 Å². The monoisotopic (exact) mass is 283 g/mol. The lowest BCUT2D eigenvalue weighted by Gasteiger charge is -2.46. The minimum Gasteiger partial charge on any atom is -0.344 e. The van der Waals surface area contributed by atoms with Crippen molar-refractivity contribution >= 4 is 6.41 Å². The molecule has 1 aromatic carbocycles. The number of carbonyl (C=O) groups is 1. The van der Waals surface area contributed by atoms with Gasteiger partial charge in [-0.25, -0.2) is 0 Å². The van der Waals surface area contributed by atoms with Gasteiger partial charge in [-0.1, -0.05) is 18.2 Å². The summed E-state index contributed by atoms with van der Waals surface area (Å²) in [6, 6.07) is 5.67. The fraction of sp³-hybridized carbons (Fsp3) is 0.533. The summed E-state index contributed by atoms with van der Waals surface area (Å²) in [6.07, 6.45) is -0.634. The summed E-state index contributed by atoms with van der Waals surface area (Å²) in [7, 11) is 0. The summed E-state index contributed by atoms with van der Waals surface area (Å²) >= 11 is 0. The van der Waals surface area contributed by atoms with Crippen LogP contribution in [0.1, 0.15) is 36.3 Å². The van der Waals surface area contributed by atoms with Crippen molar-refractivity contribution in [1.29, 1.82) is 0 Å². The zero-order valence-corrected chi connectivity index (χ0v) is 11.0. The molecule has 3 rings (SSSR count). The maximum absolute atomic E-state index is 12.7. The second kappa shape index (κ2) is 4.50. The van der Waals surface area contributed by atoms with Crippen LogP contribution in [0.2, 0.25) is 0 Å². The molecular weight excluding hydrogens is 267 g/mol. The number of likely N-dealkylation sites (tertiary alicyclic amines) is 1. The fourth-order valence-electron chi connectivity index (χ4n) is 3.64. The molecule has 1 aliphatic carbocycles. The van der Waals surface area contributed by atoms with Crippen molar-refractivity contribution < 1.29 is 18.0 Å². The molecule has 1 aliphatic heterocycles. The van der Waals surface area contributed by atoms with E-state index in [4.69, 9.17) is 0 Å². The highest BCUT2D eigenvalue weighted by Crippen LogP contribution is 2.51. The second-order valence-corrected chi connectivity index (χ2v) is 6.07. The van der Waals surface area contributed by atoms with E-state index in [-0.39, 0.29) is 11.3 Å². The molecule has 1 amide bonds. The highest BCUT2D eigenvalue weighted by Gasteiger charge is 2.48. The van der Waals surface area contributed by atoms with Crippen molar-refractivity contribution in [3.63, 3.8) is 0 Å². The van der Waals surface area contributed by atoms with Crippen LogP contribution in [0.5, 0.6) is 0 Å². The normalized spacial score (nSPS) is 24.8. The third-order valence-electron chi connectivity index (χ3n) is 4.61. The quantitative estimate of drug-likeness (QED) is 0.761. The van der Waals surface area contributed by atoms with Crippen molar-refractivity contribution in [2.24, 2.45) is 5.41 Å². The first kappa shape index (κ1) is 13.5. The molecule has 1 spiro atoms. The van der Waals surface area contributed by atoms with E-state index in [1.54, 1.807) is 11.0 Å². The Bertz CT molecular complexity index is 520. The molecule has 1 heterocycles. The number of rotatable bonds is 2. The number of amides is 1. The Hall–Kier alpha value is -1.52. The topological polar surface area (TPSA) is 20.3 Å². The molecule has 1 aromatic rings. The lowest BCUT2D eigenvalue weighted by atomic mass is 9.77. The van der Waals surface area contributed by atoms with Crippen molar-refractivity contribution in [2.45, 2.75) is 31.4 Å². The van der Waals surface area contributed by atoms with Crippen LogP contribution >= 0.6 is 0 Å². The summed E-state index contributed by atoms with van der Waals surface area (Å²) in [5.41, 5.74) is 0.361. The van der Waals surface area contributed by atoms with E-state index in [9.17, 15) is 18.0 Å². The lowest BCUT2D eigenvalue weighted by molar-refractivity contribution is -0.137. The number of halogens is 3. The molecule has 0 unspecified atom stereocenters. The van der Waals surface area contributed by atoms with Gasteiger partial charge in [-0.2, -0.15) is 13.2 Å². The van der Waals surface area contributed by atoms with E-state index in [1.807, 2.05) is 0 Å². The molecule has 2 nitrogen and oxygen atoms in total. The van der Waals surface area contributed by atoms with Crippen LogP contribution in [0, 0.1) is 5.41 Å². The minimum absolute atomic E-state index is 0.153. The van der Waals surface area contributed by atoms with E-state index >= 15 is 0 Å². The fourth-order valence-corrected chi connectivity index (χ4v) is 3.64. The van der Waals surface area contributed by atoms with Crippen LogP contribution in [0.25, 0.3) is 0 Å². The van der Waals surface area contributed by atoms with Crippen LogP contribution in [0.4, 0.5) is 13.2 Å². The van der Waals surface area contributed by atoms with E-state index in [2.05, 4.69) is 0 Å². The van der Waals surface area contributed by atoms with Gasteiger partial charge >= 0.3 is 6.18 Å². The smallest absolute Gasteiger partial charge is 0.344 e. The van der Waals surface area contributed by atoms with Crippen molar-refractivity contribution in [1.82, 2.24) is 4.90 Å². The largest absolute Gasteiger partial charge is 0.416 e. The number of hydrogen-bond donors (Lipinski definition) is 0. The molecule has 0 bridgehead atoms. The summed E-state index contributed by atoms with van der Waals surface area (Å²) < 4.78 is 38.2. The molecule has 1 atom stereocenters. The average molecular weight is 283 g/mol. The standard InChI is InChI=1S/C15H16F3NO/c16-15(17,18)13-3-1-2-11(6-13)12-4-5-14(7-12)8-19(9-14)10-20/h1-3,6,10,12H,4-5,7-9H2/t12-/m1/s1. The van der Waals surface area contributed by atoms with Gasteiger partial charge in [-0.05, 0) is 36.8 Å². The van der Waals surface area contributed by atoms with Gasteiger partial charge < -0.3 is 4.90 Å². The molecule has 0 radical (unpaired) electrons. The lowest BCUT2D eigenvalue weighted by Crippen LogP contribution is -2.54. The Kier molecular flexibility index (Phi) is 3.03. The summed E-state index contributed by atoms with van der Waals surface area (Å²) in [5, 5.41) is 0. The minimum atomic E-state index is -4.28. The van der Waals surface area contributed by atoms with Crippen LogP contribution in [0.3, 0.4) is 0 Å². The highest BCUT2D eigenvalue weighted by molar-refractivity contribution is 5.49. The van der Waals surface area contributed by atoms with Gasteiger partial charge in [0.2, 0.25) is 6.41 Å². The van der Waals surface area contributed by atoms with E-state index < -0.39 is 11.7 Å². The van der Waals surface area contributed by atoms with Gasteiger partial charge in [0.15, 0.2) is 0 Å². The van der Waals surface area contributed by atoms with Crippen molar-refractivity contribution in [3.05, 3.63) is 35.4 Å². The third-order valence-corrected chi connectivity index (χ3v) is 4.61. The van der Waals surface area contributed by atoms with E-state index in [1.165, 1.54) is 12.1 Å². The first-order valence-electron chi connectivity index (χ1n) is 6.78. The second-order valence-electron chi connectivity index (χ2n) is 6.07. The van der Waals surface area contributed by atoms with Gasteiger partial charge in [0.05, 0.1) is 5.56 Å². The molecule has 2 fully saturated rings. The van der Waals surface area contributed by atoms with Crippen molar-refractivity contribution in [2.75, 3.05) is 13.1 Å². The molecule has 20 heavy (non-hydrogen) atoms. The zero-order valence-electron chi connectivity index (χ0n) is 11.0. The zero-order chi connectivity index (χ0) is 14.4. The molecule has 1 saturated carbocycles. The predicted molar refractivity (Wildman–Crippen MR) is 68.1 cm³/mol. The maximum atomic E-state index is 12.7. The Labute approximate surface area is 115 Å². The maximum Gasteiger partial charge on any atom is 0.416 e. The first-order chi connectivity index (χ1) is 9.42. The Morgan fingerprint density at radius 2 is 2.05 bits per heavy atom. The van der Waals surface area contributed by atoms with Gasteiger partial charge in [-0.15, -0.1) is 0 Å². The number of benzene rings is 1. The first-order valence-corrected chi connectivity index (χ1v) is 6.78.